The van der Waals surface area contributed by atoms with Crippen LogP contribution in [0.4, 0.5) is 0 Å². The van der Waals surface area contributed by atoms with Crippen LogP contribution in [0.5, 0.6) is 0 Å². The summed E-state index contributed by atoms with van der Waals surface area (Å²) in [5.41, 5.74) is 4.05. The third-order valence-corrected chi connectivity index (χ3v) is 4.32. The maximum atomic E-state index is 2.41. The summed E-state index contributed by atoms with van der Waals surface area (Å²) >= 11 is 0. The first-order valence-corrected chi connectivity index (χ1v) is 8.10. The number of allylic oxidation sites excluding steroid dienone is 3. The van der Waals surface area contributed by atoms with Crippen LogP contribution in [-0.2, 0) is 13.0 Å². The van der Waals surface area contributed by atoms with E-state index in [2.05, 4.69) is 94.9 Å². The van der Waals surface area contributed by atoms with Gasteiger partial charge in [0, 0.05) is 31.4 Å². The molecule has 2 heterocycles. The Balaban J connectivity index is 1.60. The smallest absolute Gasteiger partial charge is 0.113 e. The van der Waals surface area contributed by atoms with Crippen LogP contribution in [0.3, 0.4) is 0 Å². The highest BCUT2D eigenvalue weighted by Crippen LogP contribution is 2.31. The molecule has 0 aromatic heterocycles. The van der Waals surface area contributed by atoms with Crippen molar-refractivity contribution in [3.8, 4) is 0 Å². The van der Waals surface area contributed by atoms with Crippen LogP contribution in [0.15, 0.2) is 96.6 Å². The minimum atomic E-state index is 0.912. The van der Waals surface area contributed by atoms with E-state index >= 15 is 0 Å². The summed E-state index contributed by atoms with van der Waals surface area (Å²) in [7, 11) is 0. The Kier molecular flexibility index (Phi) is 3.73. The van der Waals surface area contributed by atoms with E-state index in [4.69, 9.17) is 0 Å². The number of benzene rings is 2. The van der Waals surface area contributed by atoms with E-state index in [1.807, 2.05) is 0 Å². The highest BCUT2D eigenvalue weighted by atomic mass is 15.4. The monoisotopic (exact) mass is 300 g/mol. The Morgan fingerprint density at radius 2 is 1.52 bits per heavy atom. The average molecular weight is 300 g/mol. The summed E-state index contributed by atoms with van der Waals surface area (Å²) in [6, 6.07) is 21.3. The second-order valence-corrected chi connectivity index (χ2v) is 5.96. The lowest BCUT2D eigenvalue weighted by molar-refractivity contribution is 0.355. The molecule has 0 N–H and O–H groups in total. The van der Waals surface area contributed by atoms with E-state index in [1.165, 1.54) is 22.6 Å². The molecular weight excluding hydrogens is 280 g/mol. The molecule has 0 spiro atoms. The first kappa shape index (κ1) is 13.9. The summed E-state index contributed by atoms with van der Waals surface area (Å²) in [4.78, 5) is 4.77. The fourth-order valence-electron chi connectivity index (χ4n) is 3.19. The molecule has 0 radical (unpaired) electrons. The SMILES string of the molecule is C1=CCN2C(Cc3ccccc3)=CN(Cc3ccccc3)C2=C1. The number of rotatable bonds is 4. The van der Waals surface area contributed by atoms with Crippen LogP contribution in [0.2, 0.25) is 0 Å². The molecule has 2 aromatic rings. The van der Waals surface area contributed by atoms with Gasteiger partial charge in [0.15, 0.2) is 0 Å². The van der Waals surface area contributed by atoms with Gasteiger partial charge in [-0.25, -0.2) is 0 Å². The van der Waals surface area contributed by atoms with Gasteiger partial charge in [-0.3, -0.25) is 0 Å². The molecule has 0 unspecified atom stereocenters. The van der Waals surface area contributed by atoms with E-state index in [1.54, 1.807) is 0 Å². The predicted molar refractivity (Wildman–Crippen MR) is 94.1 cm³/mol. The highest BCUT2D eigenvalue weighted by molar-refractivity contribution is 5.33. The van der Waals surface area contributed by atoms with E-state index in [0.717, 1.165) is 19.5 Å². The molecule has 2 aromatic carbocycles. The maximum Gasteiger partial charge on any atom is 0.113 e. The molecule has 2 aliphatic heterocycles. The minimum absolute atomic E-state index is 0.912. The molecule has 23 heavy (non-hydrogen) atoms. The number of hydrogen-bond donors (Lipinski definition) is 0. The fourth-order valence-corrected chi connectivity index (χ4v) is 3.19. The third-order valence-electron chi connectivity index (χ3n) is 4.32. The zero-order chi connectivity index (χ0) is 15.5. The van der Waals surface area contributed by atoms with E-state index in [9.17, 15) is 0 Å². The van der Waals surface area contributed by atoms with Gasteiger partial charge in [0.2, 0.25) is 0 Å². The zero-order valence-corrected chi connectivity index (χ0v) is 13.1. The van der Waals surface area contributed by atoms with Crippen molar-refractivity contribution >= 4 is 0 Å². The molecule has 4 rings (SSSR count). The van der Waals surface area contributed by atoms with Crippen molar-refractivity contribution in [2.45, 2.75) is 13.0 Å². The molecule has 0 saturated carbocycles. The van der Waals surface area contributed by atoms with Crippen molar-refractivity contribution in [1.29, 1.82) is 0 Å². The van der Waals surface area contributed by atoms with Crippen molar-refractivity contribution in [2.24, 2.45) is 0 Å². The average Bonchev–Trinajstić information content (AvgIpc) is 2.95. The normalized spacial score (nSPS) is 16.2. The number of nitrogens with zero attached hydrogens (tertiary/aromatic N) is 2. The summed E-state index contributed by atoms with van der Waals surface area (Å²) < 4.78 is 0. The second kappa shape index (κ2) is 6.17. The summed E-state index contributed by atoms with van der Waals surface area (Å²) in [6.45, 7) is 1.87. The number of fused-ring (bicyclic) bond motifs is 1. The van der Waals surface area contributed by atoms with Crippen LogP contribution >= 0.6 is 0 Å². The topological polar surface area (TPSA) is 6.48 Å². The van der Waals surface area contributed by atoms with Gasteiger partial charge in [-0.15, -0.1) is 0 Å². The van der Waals surface area contributed by atoms with E-state index in [-0.39, 0.29) is 0 Å². The minimum Gasteiger partial charge on any atom is -0.328 e. The molecule has 114 valence electrons. The Bertz CT molecular complexity index is 757. The summed E-state index contributed by atoms with van der Waals surface area (Å²) in [6.07, 6.45) is 9.86. The van der Waals surface area contributed by atoms with Gasteiger partial charge < -0.3 is 9.80 Å². The first-order valence-electron chi connectivity index (χ1n) is 8.10. The lowest BCUT2D eigenvalue weighted by Crippen LogP contribution is -2.26. The van der Waals surface area contributed by atoms with Gasteiger partial charge in [0.05, 0.1) is 0 Å². The van der Waals surface area contributed by atoms with Gasteiger partial charge in [0.25, 0.3) is 0 Å². The van der Waals surface area contributed by atoms with Crippen molar-refractivity contribution in [3.05, 3.63) is 108 Å². The van der Waals surface area contributed by atoms with Crippen molar-refractivity contribution < 1.29 is 0 Å². The molecule has 0 atom stereocenters. The van der Waals surface area contributed by atoms with Crippen LogP contribution in [0.1, 0.15) is 11.1 Å². The maximum absolute atomic E-state index is 2.41. The van der Waals surface area contributed by atoms with Gasteiger partial charge in [-0.2, -0.15) is 0 Å². The van der Waals surface area contributed by atoms with Crippen LogP contribution in [-0.4, -0.2) is 16.3 Å². The van der Waals surface area contributed by atoms with Crippen molar-refractivity contribution in [3.63, 3.8) is 0 Å². The van der Waals surface area contributed by atoms with Crippen LogP contribution in [0.25, 0.3) is 0 Å². The third kappa shape index (κ3) is 2.93. The van der Waals surface area contributed by atoms with Crippen LogP contribution in [0, 0.1) is 0 Å². The van der Waals surface area contributed by atoms with Crippen molar-refractivity contribution in [1.82, 2.24) is 9.80 Å². The van der Waals surface area contributed by atoms with Gasteiger partial charge >= 0.3 is 0 Å². The number of hydrogen-bond acceptors (Lipinski definition) is 2. The molecule has 0 fully saturated rings. The highest BCUT2D eigenvalue weighted by Gasteiger charge is 2.26. The van der Waals surface area contributed by atoms with E-state index < -0.39 is 0 Å². The van der Waals surface area contributed by atoms with Gasteiger partial charge in [-0.1, -0.05) is 72.8 Å². The molecule has 2 heteroatoms. The standard InChI is InChI=1S/C21H20N2/c1-3-9-18(10-4-1)15-20-17-22(16-19-11-5-2-6-12-19)21-13-7-8-14-23(20)21/h1-13,17H,14-16H2. The molecule has 2 nitrogen and oxygen atoms in total. The van der Waals surface area contributed by atoms with E-state index in [0.29, 0.717) is 0 Å². The molecule has 0 amide bonds. The molecule has 0 bridgehead atoms. The Labute approximate surface area is 137 Å². The molecule has 0 saturated heterocycles. The molecule has 0 aliphatic carbocycles. The first-order chi connectivity index (χ1) is 11.4. The van der Waals surface area contributed by atoms with Gasteiger partial charge in [0.1, 0.15) is 5.82 Å². The van der Waals surface area contributed by atoms with Gasteiger partial charge in [-0.05, 0) is 17.2 Å². The summed E-state index contributed by atoms with van der Waals surface area (Å²) in [5, 5.41) is 0. The lowest BCUT2D eigenvalue weighted by Gasteiger charge is -2.28. The molecular formula is C21H20N2. The van der Waals surface area contributed by atoms with Crippen molar-refractivity contribution in [2.75, 3.05) is 6.54 Å². The predicted octanol–water partition coefficient (Wildman–Crippen LogP) is 4.30. The molecule has 2 aliphatic rings. The zero-order valence-electron chi connectivity index (χ0n) is 13.1. The van der Waals surface area contributed by atoms with Crippen LogP contribution < -0.4 is 0 Å². The Morgan fingerprint density at radius 1 is 0.826 bits per heavy atom. The fraction of sp³-hybridized carbons (Fsp3) is 0.143. The second-order valence-electron chi connectivity index (χ2n) is 5.96. The summed E-state index contributed by atoms with van der Waals surface area (Å²) in [5.74, 6) is 1.28. The quantitative estimate of drug-likeness (QED) is 0.830. The largest absolute Gasteiger partial charge is 0.328 e. The Hall–Kier alpha value is -2.74. The lowest BCUT2D eigenvalue weighted by atomic mass is 10.1. The Morgan fingerprint density at radius 3 is 2.26 bits per heavy atom.